The van der Waals surface area contributed by atoms with Gasteiger partial charge in [-0.3, -0.25) is 0 Å². The van der Waals surface area contributed by atoms with Crippen LogP contribution in [0, 0.1) is 17.3 Å². The van der Waals surface area contributed by atoms with Crippen LogP contribution in [-0.2, 0) is 6.42 Å². The quantitative estimate of drug-likeness (QED) is 0.451. The van der Waals surface area contributed by atoms with Crippen molar-refractivity contribution in [3.8, 4) is 5.75 Å². The fourth-order valence-electron chi connectivity index (χ4n) is 3.78. The number of piperidine rings is 1. The number of rotatable bonds is 9. The molecule has 26 heavy (non-hydrogen) atoms. The Morgan fingerprint density at radius 1 is 1.19 bits per heavy atom. The number of unbranched alkanes of at least 4 members (excludes halogenated alkanes) is 1. The zero-order chi connectivity index (χ0) is 19.0. The molecule has 2 N–H and O–H groups in total. The van der Waals surface area contributed by atoms with Gasteiger partial charge in [0.1, 0.15) is 5.75 Å². The lowest BCUT2D eigenvalue weighted by atomic mass is 9.76. The summed E-state index contributed by atoms with van der Waals surface area (Å²) in [5.41, 5.74) is 1.20. The molecule has 146 valence electrons. The third kappa shape index (κ3) is 7.03. The maximum atomic E-state index is 9.90. The summed E-state index contributed by atoms with van der Waals surface area (Å²) in [4.78, 5) is 0. The first-order valence-corrected chi connectivity index (χ1v) is 10.2. The molecule has 1 atom stereocenters. The van der Waals surface area contributed by atoms with Crippen LogP contribution in [0.5, 0.6) is 5.75 Å². The molecule has 1 heterocycles. The van der Waals surface area contributed by atoms with Crippen LogP contribution in [0.4, 0.5) is 0 Å². The van der Waals surface area contributed by atoms with E-state index >= 15 is 0 Å². The number of hydrogen-bond acceptors (Lipinski definition) is 3. The fourth-order valence-corrected chi connectivity index (χ4v) is 3.78. The Kier molecular flexibility index (Phi) is 8.02. The summed E-state index contributed by atoms with van der Waals surface area (Å²) in [5, 5.41) is 13.3. The van der Waals surface area contributed by atoms with E-state index in [2.05, 4.69) is 44.8 Å². The molecular weight excluding hydrogens is 322 g/mol. The van der Waals surface area contributed by atoms with E-state index in [1.54, 1.807) is 0 Å². The molecule has 1 aliphatic rings. The van der Waals surface area contributed by atoms with Gasteiger partial charge < -0.3 is 15.2 Å². The second-order valence-corrected chi connectivity index (χ2v) is 8.80. The lowest BCUT2D eigenvalue weighted by molar-refractivity contribution is 0.202. The van der Waals surface area contributed by atoms with Crippen molar-refractivity contribution in [2.75, 3.05) is 19.7 Å². The Hall–Kier alpha value is -1.48. The van der Waals surface area contributed by atoms with E-state index in [0.29, 0.717) is 0 Å². The Bertz CT molecular complexity index is 538. The maximum absolute atomic E-state index is 9.90. The van der Waals surface area contributed by atoms with Gasteiger partial charge in [-0.1, -0.05) is 45.9 Å². The van der Waals surface area contributed by atoms with Gasteiger partial charge in [0.05, 0.1) is 12.4 Å². The molecule has 1 aliphatic heterocycles. The fraction of sp³-hybridized carbons (Fsp3) is 0.652. The van der Waals surface area contributed by atoms with Crippen LogP contribution in [0.1, 0.15) is 58.4 Å². The molecular formula is C23H37NO2. The van der Waals surface area contributed by atoms with E-state index in [0.717, 1.165) is 31.1 Å². The number of allylic oxidation sites excluding steroid dienone is 1. The van der Waals surface area contributed by atoms with E-state index in [-0.39, 0.29) is 17.1 Å². The molecule has 3 nitrogen and oxygen atoms in total. The molecule has 0 amide bonds. The second-order valence-electron chi connectivity index (χ2n) is 8.80. The van der Waals surface area contributed by atoms with Gasteiger partial charge in [-0.15, -0.1) is 0 Å². The molecule has 0 saturated carbocycles. The maximum Gasteiger partial charge on any atom is 0.119 e. The van der Waals surface area contributed by atoms with E-state index in [9.17, 15) is 5.11 Å². The Labute approximate surface area is 159 Å². The molecule has 0 radical (unpaired) electrons. The summed E-state index contributed by atoms with van der Waals surface area (Å²) in [6.45, 7) is 13.3. The number of aliphatic hydroxyl groups is 1. The van der Waals surface area contributed by atoms with Gasteiger partial charge in [0.15, 0.2) is 0 Å². The molecule has 3 heteroatoms. The first kappa shape index (κ1) is 20.8. The smallest absolute Gasteiger partial charge is 0.119 e. The highest BCUT2D eigenvalue weighted by molar-refractivity contribution is 5.28. The van der Waals surface area contributed by atoms with Crippen LogP contribution >= 0.6 is 0 Å². The van der Waals surface area contributed by atoms with E-state index < -0.39 is 0 Å². The van der Waals surface area contributed by atoms with Crippen molar-refractivity contribution in [3.63, 3.8) is 0 Å². The van der Waals surface area contributed by atoms with Crippen LogP contribution < -0.4 is 10.1 Å². The van der Waals surface area contributed by atoms with Crippen molar-refractivity contribution >= 4 is 0 Å². The van der Waals surface area contributed by atoms with Gasteiger partial charge in [-0.25, -0.2) is 0 Å². The van der Waals surface area contributed by atoms with Crippen LogP contribution in [0.3, 0.4) is 0 Å². The molecule has 1 aromatic rings. The molecule has 0 aromatic heterocycles. The first-order chi connectivity index (χ1) is 12.4. The topological polar surface area (TPSA) is 41.5 Å². The van der Waals surface area contributed by atoms with Crippen molar-refractivity contribution < 1.29 is 9.84 Å². The van der Waals surface area contributed by atoms with E-state index in [1.807, 2.05) is 12.1 Å². The Morgan fingerprint density at radius 3 is 2.42 bits per heavy atom. The second kappa shape index (κ2) is 10.0. The third-order valence-electron chi connectivity index (χ3n) is 5.54. The summed E-state index contributed by atoms with van der Waals surface area (Å²) >= 11 is 0. The largest absolute Gasteiger partial charge is 0.513 e. The van der Waals surface area contributed by atoms with Gasteiger partial charge in [0.2, 0.25) is 0 Å². The summed E-state index contributed by atoms with van der Waals surface area (Å²) in [7, 11) is 0. The molecule has 0 bridgehead atoms. The summed E-state index contributed by atoms with van der Waals surface area (Å²) in [6, 6.07) is 8.29. The van der Waals surface area contributed by atoms with Crippen molar-refractivity contribution in [1.29, 1.82) is 0 Å². The molecule has 1 fully saturated rings. The zero-order valence-electron chi connectivity index (χ0n) is 16.9. The van der Waals surface area contributed by atoms with Crippen molar-refractivity contribution in [1.82, 2.24) is 5.32 Å². The first-order valence-electron chi connectivity index (χ1n) is 10.2. The van der Waals surface area contributed by atoms with Gasteiger partial charge in [-0.2, -0.15) is 0 Å². The summed E-state index contributed by atoms with van der Waals surface area (Å²) in [6.07, 6.45) is 7.19. The highest BCUT2D eigenvalue weighted by Gasteiger charge is 2.27. The van der Waals surface area contributed by atoms with E-state index in [1.165, 1.54) is 44.3 Å². The zero-order valence-corrected chi connectivity index (χ0v) is 16.9. The van der Waals surface area contributed by atoms with Gasteiger partial charge in [0, 0.05) is 5.92 Å². The highest BCUT2D eigenvalue weighted by Crippen LogP contribution is 2.33. The van der Waals surface area contributed by atoms with Crippen molar-refractivity contribution in [2.45, 2.75) is 59.3 Å². The molecule has 1 unspecified atom stereocenters. The molecule has 2 rings (SSSR count). The molecule has 1 saturated heterocycles. The summed E-state index contributed by atoms with van der Waals surface area (Å²) < 4.78 is 5.89. The number of benzene rings is 1. The average Bonchev–Trinajstić information content (AvgIpc) is 2.60. The standard InChI is InChI=1S/C23H37NO2/c1-18(25)22(23(2,3)4)17-20-8-10-21(11-9-20)26-16-6-5-7-19-12-14-24-15-13-19/h8-11,19,22,24-25H,1,5-7,12-17H2,2-4H3. The summed E-state index contributed by atoms with van der Waals surface area (Å²) in [5.74, 6) is 2.18. The number of ether oxygens (including phenoxy) is 1. The predicted octanol–water partition coefficient (Wildman–Crippen LogP) is 5.51. The van der Waals surface area contributed by atoms with Crippen LogP contribution in [0.25, 0.3) is 0 Å². The number of aliphatic hydroxyl groups excluding tert-OH is 1. The van der Waals surface area contributed by atoms with E-state index in [4.69, 9.17) is 4.74 Å². The van der Waals surface area contributed by atoms with Crippen LogP contribution in [-0.4, -0.2) is 24.8 Å². The number of hydrogen-bond donors (Lipinski definition) is 2. The highest BCUT2D eigenvalue weighted by atomic mass is 16.5. The number of nitrogens with one attached hydrogen (secondary N) is 1. The van der Waals surface area contributed by atoms with Crippen LogP contribution in [0.15, 0.2) is 36.6 Å². The minimum atomic E-state index is -0.00456. The Balaban J connectivity index is 1.70. The lowest BCUT2D eigenvalue weighted by Gasteiger charge is -2.30. The van der Waals surface area contributed by atoms with Crippen LogP contribution in [0.2, 0.25) is 0 Å². The van der Waals surface area contributed by atoms with Gasteiger partial charge in [0.25, 0.3) is 0 Å². The third-order valence-corrected chi connectivity index (χ3v) is 5.54. The minimum absolute atomic E-state index is 0.00456. The minimum Gasteiger partial charge on any atom is -0.513 e. The molecule has 0 spiro atoms. The predicted molar refractivity (Wildman–Crippen MR) is 110 cm³/mol. The Morgan fingerprint density at radius 2 is 1.85 bits per heavy atom. The average molecular weight is 360 g/mol. The van der Waals surface area contributed by atoms with Crippen molar-refractivity contribution in [3.05, 3.63) is 42.2 Å². The monoisotopic (exact) mass is 359 g/mol. The molecule has 0 aliphatic carbocycles. The van der Waals surface area contributed by atoms with Gasteiger partial charge in [-0.05, 0) is 74.2 Å². The normalized spacial score (nSPS) is 17.0. The van der Waals surface area contributed by atoms with Crippen molar-refractivity contribution in [2.24, 2.45) is 17.3 Å². The molecule has 1 aromatic carbocycles. The SMILES string of the molecule is C=C(O)C(Cc1ccc(OCCCCC2CCNCC2)cc1)C(C)(C)C. The lowest BCUT2D eigenvalue weighted by Crippen LogP contribution is -2.27. The van der Waals surface area contributed by atoms with Gasteiger partial charge >= 0.3 is 0 Å².